The van der Waals surface area contributed by atoms with E-state index in [1.807, 2.05) is 30.3 Å². The van der Waals surface area contributed by atoms with Gasteiger partial charge in [-0.2, -0.15) is 0 Å². The molecule has 0 amide bonds. The molecule has 1 atom stereocenters. The molecular weight excluding hydrogens is 380 g/mol. The van der Waals surface area contributed by atoms with Crippen molar-refractivity contribution in [1.82, 2.24) is 9.38 Å². The normalized spacial score (nSPS) is 15.6. The van der Waals surface area contributed by atoms with Crippen LogP contribution in [-0.2, 0) is 16.1 Å². The Balaban J connectivity index is 1.34. The highest BCUT2D eigenvalue weighted by atomic mass is 32.1. The quantitative estimate of drug-likeness (QED) is 0.497. The van der Waals surface area contributed by atoms with Crippen LogP contribution in [-0.4, -0.2) is 28.1 Å². The van der Waals surface area contributed by atoms with Crippen molar-refractivity contribution in [2.75, 3.05) is 6.61 Å². The number of thiazole rings is 1. The highest BCUT2D eigenvalue weighted by molar-refractivity contribution is 7.23. The number of fused-ring (bicyclic) bond motifs is 4. The number of benzene rings is 2. The molecule has 0 spiro atoms. The van der Waals surface area contributed by atoms with E-state index in [-0.39, 0.29) is 18.8 Å². The van der Waals surface area contributed by atoms with Gasteiger partial charge in [-0.15, -0.1) is 0 Å². The topological polar surface area (TPSA) is 79.1 Å². The zero-order valence-electron chi connectivity index (χ0n) is 14.5. The Kier molecular flexibility index (Phi) is 3.98. The highest BCUT2D eigenvalue weighted by Gasteiger charge is 2.28. The van der Waals surface area contributed by atoms with Crippen LogP contribution in [0.2, 0.25) is 0 Å². The number of para-hydroxylation sites is 3. The number of hydrogen-bond donors (Lipinski definition) is 0. The van der Waals surface area contributed by atoms with Gasteiger partial charge in [0.1, 0.15) is 13.2 Å². The molecule has 0 aliphatic carbocycles. The molecule has 0 bridgehead atoms. The van der Waals surface area contributed by atoms with Crippen LogP contribution < -0.4 is 15.0 Å². The fourth-order valence-electron chi connectivity index (χ4n) is 3.07. The number of carbonyl (C=O) groups is 1. The standard InChI is InChI=1S/C20H14N2O5S/c23-18-9-12(21-20-22(18)13-5-1-4-8-17(13)28-20)10-26-19(24)16-11-25-14-6-2-3-7-15(14)27-16/h1-9,16H,10-11H2. The summed E-state index contributed by atoms with van der Waals surface area (Å²) >= 11 is 1.41. The molecule has 7 nitrogen and oxygen atoms in total. The number of hydrogen-bond acceptors (Lipinski definition) is 7. The number of rotatable bonds is 3. The van der Waals surface area contributed by atoms with E-state index in [9.17, 15) is 9.59 Å². The fourth-order valence-corrected chi connectivity index (χ4v) is 4.12. The van der Waals surface area contributed by atoms with Gasteiger partial charge in [0.2, 0.25) is 6.10 Å². The van der Waals surface area contributed by atoms with Gasteiger partial charge in [0.25, 0.3) is 5.56 Å². The minimum atomic E-state index is -0.857. The Labute approximate surface area is 162 Å². The summed E-state index contributed by atoms with van der Waals surface area (Å²) in [4.78, 5) is 29.9. The van der Waals surface area contributed by atoms with Crippen molar-refractivity contribution in [3.8, 4) is 11.5 Å². The largest absolute Gasteiger partial charge is 0.485 e. The van der Waals surface area contributed by atoms with Gasteiger partial charge in [0, 0.05) is 6.07 Å². The minimum Gasteiger partial charge on any atom is -0.485 e. The lowest BCUT2D eigenvalue weighted by atomic mass is 10.2. The molecule has 5 rings (SSSR count). The molecule has 1 aliphatic rings. The summed E-state index contributed by atoms with van der Waals surface area (Å²) < 4.78 is 19.0. The first kappa shape index (κ1) is 16.8. The van der Waals surface area contributed by atoms with E-state index in [1.165, 1.54) is 17.4 Å². The van der Waals surface area contributed by atoms with Crippen LogP contribution in [0, 0.1) is 0 Å². The van der Waals surface area contributed by atoms with Gasteiger partial charge in [-0.1, -0.05) is 35.6 Å². The summed E-state index contributed by atoms with van der Waals surface area (Å²) in [6.45, 7) is -0.0401. The maximum atomic E-state index is 12.5. The highest BCUT2D eigenvalue weighted by Crippen LogP contribution is 2.31. The van der Waals surface area contributed by atoms with Crippen LogP contribution >= 0.6 is 11.3 Å². The maximum Gasteiger partial charge on any atom is 0.351 e. The smallest absolute Gasteiger partial charge is 0.351 e. The molecule has 28 heavy (non-hydrogen) atoms. The Morgan fingerprint density at radius 1 is 1.18 bits per heavy atom. The molecule has 0 N–H and O–H groups in total. The Morgan fingerprint density at radius 2 is 1.96 bits per heavy atom. The summed E-state index contributed by atoms with van der Waals surface area (Å²) in [5.41, 5.74) is 0.997. The van der Waals surface area contributed by atoms with Gasteiger partial charge in [-0.05, 0) is 24.3 Å². The number of ether oxygens (including phenoxy) is 3. The number of carbonyl (C=O) groups excluding carboxylic acids is 1. The maximum absolute atomic E-state index is 12.5. The number of nitrogens with zero attached hydrogens (tertiary/aromatic N) is 2. The van der Waals surface area contributed by atoms with E-state index in [2.05, 4.69) is 4.98 Å². The molecule has 0 radical (unpaired) electrons. The molecule has 0 saturated heterocycles. The second-order valence-corrected chi connectivity index (χ2v) is 7.25. The summed E-state index contributed by atoms with van der Waals surface area (Å²) in [7, 11) is 0. The number of esters is 1. The second-order valence-electron chi connectivity index (χ2n) is 6.25. The van der Waals surface area contributed by atoms with Gasteiger partial charge >= 0.3 is 5.97 Å². The molecule has 1 aliphatic heterocycles. The molecule has 140 valence electrons. The van der Waals surface area contributed by atoms with Gasteiger partial charge in [0.05, 0.1) is 15.9 Å². The third-order valence-corrected chi connectivity index (χ3v) is 5.40. The van der Waals surface area contributed by atoms with Crippen LogP contribution in [0.25, 0.3) is 15.2 Å². The molecule has 3 heterocycles. The lowest BCUT2D eigenvalue weighted by Gasteiger charge is -2.24. The Bertz CT molecular complexity index is 1260. The average Bonchev–Trinajstić information content (AvgIpc) is 3.10. The van der Waals surface area contributed by atoms with Crippen molar-refractivity contribution in [2.24, 2.45) is 0 Å². The zero-order chi connectivity index (χ0) is 19.1. The molecule has 8 heteroatoms. The lowest BCUT2D eigenvalue weighted by molar-refractivity contribution is -0.156. The minimum absolute atomic E-state index is 0.0707. The van der Waals surface area contributed by atoms with E-state index in [4.69, 9.17) is 14.2 Å². The van der Waals surface area contributed by atoms with Gasteiger partial charge < -0.3 is 14.2 Å². The SMILES string of the molecule is O=C(OCc1cc(=O)n2c(n1)sc1ccccc12)C1COc2ccccc2O1. The van der Waals surface area contributed by atoms with Crippen LogP contribution in [0.1, 0.15) is 5.69 Å². The fraction of sp³-hybridized carbons (Fsp3) is 0.150. The molecule has 2 aromatic carbocycles. The molecular formula is C20H14N2O5S. The van der Waals surface area contributed by atoms with Crippen LogP contribution in [0.4, 0.5) is 0 Å². The molecule has 1 unspecified atom stereocenters. The van der Waals surface area contributed by atoms with Crippen molar-refractivity contribution >= 4 is 32.5 Å². The first-order valence-corrected chi connectivity index (χ1v) is 9.46. The molecule has 2 aromatic heterocycles. The van der Waals surface area contributed by atoms with Crippen LogP contribution in [0.5, 0.6) is 11.5 Å². The average molecular weight is 394 g/mol. The summed E-state index contributed by atoms with van der Waals surface area (Å²) in [5, 5.41) is 0. The first-order valence-electron chi connectivity index (χ1n) is 8.64. The van der Waals surface area contributed by atoms with Gasteiger partial charge in [0.15, 0.2) is 16.5 Å². The van der Waals surface area contributed by atoms with Crippen LogP contribution in [0.15, 0.2) is 59.4 Å². The van der Waals surface area contributed by atoms with Crippen LogP contribution in [0.3, 0.4) is 0 Å². The van der Waals surface area contributed by atoms with Crippen molar-refractivity contribution < 1.29 is 19.0 Å². The Morgan fingerprint density at radius 3 is 2.86 bits per heavy atom. The number of aromatic nitrogens is 2. The molecule has 4 aromatic rings. The van der Waals surface area contributed by atoms with Crippen molar-refractivity contribution in [1.29, 1.82) is 0 Å². The van der Waals surface area contributed by atoms with E-state index in [0.29, 0.717) is 22.2 Å². The Hall–Kier alpha value is -3.39. The van der Waals surface area contributed by atoms with E-state index < -0.39 is 12.1 Å². The zero-order valence-corrected chi connectivity index (χ0v) is 15.3. The summed E-state index contributed by atoms with van der Waals surface area (Å²) in [5.74, 6) is 0.531. The van der Waals surface area contributed by atoms with E-state index in [0.717, 1.165) is 10.2 Å². The third kappa shape index (κ3) is 2.87. The molecule has 0 fully saturated rings. The molecule has 0 saturated carbocycles. The van der Waals surface area contributed by atoms with Crippen molar-refractivity contribution in [2.45, 2.75) is 12.7 Å². The van der Waals surface area contributed by atoms with Crippen molar-refractivity contribution in [3.05, 3.63) is 70.6 Å². The third-order valence-electron chi connectivity index (χ3n) is 4.38. The monoisotopic (exact) mass is 394 g/mol. The summed E-state index contributed by atoms with van der Waals surface area (Å²) in [6, 6.07) is 16.1. The van der Waals surface area contributed by atoms with Crippen molar-refractivity contribution in [3.63, 3.8) is 0 Å². The summed E-state index contributed by atoms with van der Waals surface area (Å²) in [6.07, 6.45) is -0.857. The predicted octanol–water partition coefficient (Wildman–Crippen LogP) is 2.79. The predicted molar refractivity (Wildman–Crippen MR) is 103 cm³/mol. The lowest BCUT2D eigenvalue weighted by Crippen LogP contribution is -2.37. The van der Waals surface area contributed by atoms with Gasteiger partial charge in [-0.3, -0.25) is 9.20 Å². The van der Waals surface area contributed by atoms with Gasteiger partial charge in [-0.25, -0.2) is 9.78 Å². The van der Waals surface area contributed by atoms with E-state index in [1.54, 1.807) is 22.6 Å². The first-order chi connectivity index (χ1) is 13.7. The van der Waals surface area contributed by atoms with E-state index >= 15 is 0 Å². The second kappa shape index (κ2) is 6.65.